The first-order valence-electron chi connectivity index (χ1n) is 5.68. The second kappa shape index (κ2) is 6.13. The molecule has 20 heavy (non-hydrogen) atoms. The summed E-state index contributed by atoms with van der Waals surface area (Å²) in [6.45, 7) is 2.40. The summed E-state index contributed by atoms with van der Waals surface area (Å²) in [5.41, 5.74) is 0.751. The third kappa shape index (κ3) is 3.24. The second-order valence-corrected chi connectivity index (χ2v) is 8.25. The molecule has 0 saturated heterocycles. The smallest absolute Gasteiger partial charge is 0.296 e. The van der Waals surface area contributed by atoms with Crippen molar-refractivity contribution < 1.29 is 8.42 Å². The molecule has 0 amide bonds. The minimum atomic E-state index is -3.93. The van der Waals surface area contributed by atoms with Crippen LogP contribution in [-0.2, 0) is 15.6 Å². The molecule has 0 radical (unpaired) electrons. The van der Waals surface area contributed by atoms with E-state index in [1.807, 2.05) is 25.1 Å². The van der Waals surface area contributed by atoms with Crippen LogP contribution in [0.25, 0.3) is 11.4 Å². The van der Waals surface area contributed by atoms with Crippen LogP contribution in [0.5, 0.6) is 0 Å². The summed E-state index contributed by atoms with van der Waals surface area (Å²) < 4.78 is 26.3. The second-order valence-electron chi connectivity index (χ2n) is 4.02. The van der Waals surface area contributed by atoms with Crippen molar-refractivity contribution in [2.24, 2.45) is 0 Å². The van der Waals surface area contributed by atoms with Gasteiger partial charge in [0.1, 0.15) is 0 Å². The molecule has 1 aromatic carbocycles. The number of halogens is 3. The van der Waals surface area contributed by atoms with E-state index in [-0.39, 0.29) is 5.16 Å². The SMILES string of the molecule is CCCn1c(-c2ccc(Br)cc2Br)nnc1S(=O)(=O)Cl. The average Bonchev–Trinajstić information content (AvgIpc) is 2.73. The molecule has 0 saturated carbocycles. The molecule has 5 nitrogen and oxygen atoms in total. The van der Waals surface area contributed by atoms with Crippen molar-refractivity contribution in [1.29, 1.82) is 0 Å². The van der Waals surface area contributed by atoms with Gasteiger partial charge in [0.2, 0.25) is 0 Å². The maximum atomic E-state index is 11.5. The average molecular weight is 444 g/mol. The Morgan fingerprint density at radius 3 is 2.55 bits per heavy atom. The summed E-state index contributed by atoms with van der Waals surface area (Å²) in [5, 5.41) is 7.44. The molecule has 0 aliphatic heterocycles. The van der Waals surface area contributed by atoms with Crippen LogP contribution in [0.1, 0.15) is 13.3 Å². The lowest BCUT2D eigenvalue weighted by atomic mass is 10.2. The molecule has 0 N–H and O–H groups in total. The van der Waals surface area contributed by atoms with Gasteiger partial charge in [0.15, 0.2) is 5.82 Å². The first kappa shape index (κ1) is 15.9. The van der Waals surface area contributed by atoms with Gasteiger partial charge in [0.05, 0.1) is 0 Å². The molecule has 2 aromatic rings. The summed E-state index contributed by atoms with van der Waals surface area (Å²) in [4.78, 5) is 0. The highest BCUT2D eigenvalue weighted by Gasteiger charge is 2.23. The lowest BCUT2D eigenvalue weighted by Gasteiger charge is -2.09. The van der Waals surface area contributed by atoms with Gasteiger partial charge < -0.3 is 0 Å². The van der Waals surface area contributed by atoms with Crippen LogP contribution in [0.15, 0.2) is 32.3 Å². The zero-order chi connectivity index (χ0) is 14.9. The van der Waals surface area contributed by atoms with E-state index >= 15 is 0 Å². The van der Waals surface area contributed by atoms with E-state index in [1.165, 1.54) is 4.57 Å². The molecule has 2 rings (SSSR count). The molecule has 0 aliphatic carbocycles. The van der Waals surface area contributed by atoms with Crippen molar-refractivity contribution >= 4 is 51.6 Å². The normalized spacial score (nSPS) is 11.8. The van der Waals surface area contributed by atoms with Crippen LogP contribution in [0, 0.1) is 0 Å². The van der Waals surface area contributed by atoms with Crippen LogP contribution < -0.4 is 0 Å². The van der Waals surface area contributed by atoms with Crippen molar-refractivity contribution in [3.05, 3.63) is 27.1 Å². The predicted octanol–water partition coefficient (Wildman–Crippen LogP) is 3.81. The third-order valence-corrected chi connectivity index (χ3v) is 4.86. The molecule has 1 aromatic heterocycles. The molecule has 0 aliphatic rings. The van der Waals surface area contributed by atoms with Crippen LogP contribution in [-0.4, -0.2) is 23.2 Å². The van der Waals surface area contributed by atoms with E-state index in [4.69, 9.17) is 10.7 Å². The van der Waals surface area contributed by atoms with Crippen LogP contribution in [0.3, 0.4) is 0 Å². The fourth-order valence-corrected chi connectivity index (χ4v) is 3.91. The molecule has 0 spiro atoms. The van der Waals surface area contributed by atoms with Crippen LogP contribution in [0.4, 0.5) is 0 Å². The topological polar surface area (TPSA) is 64.8 Å². The third-order valence-electron chi connectivity index (χ3n) is 2.55. The van der Waals surface area contributed by atoms with Gasteiger partial charge >= 0.3 is 0 Å². The standard InChI is InChI=1S/C11H10Br2ClN3O2S/c1-2-5-17-10(15-16-11(17)20(14,18)19)8-4-3-7(12)6-9(8)13/h3-4,6H,2,5H2,1H3. The van der Waals surface area contributed by atoms with Gasteiger partial charge in [-0.3, -0.25) is 4.57 Å². The Kier molecular flexibility index (Phi) is 4.88. The Labute approximate surface area is 138 Å². The van der Waals surface area contributed by atoms with Gasteiger partial charge in [-0.25, -0.2) is 8.42 Å². The Hall–Kier alpha value is -0.440. The number of hydrogen-bond acceptors (Lipinski definition) is 4. The van der Waals surface area contributed by atoms with Crippen LogP contribution >= 0.6 is 42.5 Å². The summed E-state index contributed by atoms with van der Waals surface area (Å²) >= 11 is 6.80. The Morgan fingerprint density at radius 2 is 2.00 bits per heavy atom. The van der Waals surface area contributed by atoms with Gasteiger partial charge in [0, 0.05) is 31.7 Å². The molecular formula is C11H10Br2ClN3O2S. The Morgan fingerprint density at radius 1 is 1.30 bits per heavy atom. The highest BCUT2D eigenvalue weighted by molar-refractivity contribution is 9.11. The van der Waals surface area contributed by atoms with Gasteiger partial charge in [0.25, 0.3) is 14.2 Å². The molecule has 108 valence electrons. The van der Waals surface area contributed by atoms with Crippen molar-refractivity contribution in [3.63, 3.8) is 0 Å². The fraction of sp³-hybridized carbons (Fsp3) is 0.273. The molecule has 1 heterocycles. The van der Waals surface area contributed by atoms with Gasteiger partial charge in [-0.15, -0.1) is 10.2 Å². The molecular weight excluding hydrogens is 433 g/mol. The lowest BCUT2D eigenvalue weighted by Crippen LogP contribution is -2.07. The van der Waals surface area contributed by atoms with Crippen LogP contribution in [0.2, 0.25) is 0 Å². The van der Waals surface area contributed by atoms with Gasteiger partial charge in [-0.05, 0) is 40.5 Å². The number of hydrogen-bond donors (Lipinski definition) is 0. The fourth-order valence-electron chi connectivity index (χ4n) is 1.76. The van der Waals surface area contributed by atoms with E-state index in [1.54, 1.807) is 0 Å². The van der Waals surface area contributed by atoms with E-state index < -0.39 is 9.05 Å². The number of aromatic nitrogens is 3. The van der Waals surface area contributed by atoms with E-state index in [0.29, 0.717) is 12.4 Å². The van der Waals surface area contributed by atoms with Crippen molar-refractivity contribution in [3.8, 4) is 11.4 Å². The van der Waals surface area contributed by atoms with Gasteiger partial charge in [-0.1, -0.05) is 22.9 Å². The summed E-state index contributed by atoms with van der Waals surface area (Å²) in [6, 6.07) is 5.53. The molecule has 9 heteroatoms. The zero-order valence-corrected chi connectivity index (χ0v) is 15.1. The maximum absolute atomic E-state index is 11.5. The van der Waals surface area contributed by atoms with E-state index in [2.05, 4.69) is 42.1 Å². The minimum Gasteiger partial charge on any atom is -0.297 e. The number of rotatable bonds is 4. The summed E-state index contributed by atoms with van der Waals surface area (Å²) in [5.74, 6) is 0.463. The maximum Gasteiger partial charge on any atom is 0.296 e. The number of benzene rings is 1. The van der Waals surface area contributed by atoms with E-state index in [9.17, 15) is 8.42 Å². The molecule has 0 unspecified atom stereocenters. The Bertz CT molecular complexity index is 746. The van der Waals surface area contributed by atoms with Crippen molar-refractivity contribution in [1.82, 2.24) is 14.8 Å². The van der Waals surface area contributed by atoms with Gasteiger partial charge in [-0.2, -0.15) is 0 Å². The molecule has 0 bridgehead atoms. The first-order chi connectivity index (χ1) is 9.34. The van der Waals surface area contributed by atoms with Crippen molar-refractivity contribution in [2.45, 2.75) is 25.0 Å². The lowest BCUT2D eigenvalue weighted by molar-refractivity contribution is 0.570. The molecule has 0 fully saturated rings. The summed E-state index contributed by atoms with van der Waals surface area (Å²) in [7, 11) is 1.47. The summed E-state index contributed by atoms with van der Waals surface area (Å²) in [6.07, 6.45) is 0.735. The molecule has 0 atom stereocenters. The zero-order valence-electron chi connectivity index (χ0n) is 10.3. The largest absolute Gasteiger partial charge is 0.297 e. The Balaban J connectivity index is 2.66. The highest BCUT2D eigenvalue weighted by Crippen LogP contribution is 2.31. The first-order valence-corrected chi connectivity index (χ1v) is 9.57. The number of nitrogens with zero attached hydrogens (tertiary/aromatic N) is 3. The minimum absolute atomic E-state index is 0.231. The monoisotopic (exact) mass is 441 g/mol. The van der Waals surface area contributed by atoms with E-state index in [0.717, 1.165) is 20.9 Å². The predicted molar refractivity (Wildman–Crippen MR) is 84.2 cm³/mol. The highest BCUT2D eigenvalue weighted by atomic mass is 79.9. The quantitative estimate of drug-likeness (QED) is 0.674. The van der Waals surface area contributed by atoms with Crippen molar-refractivity contribution in [2.75, 3.05) is 0 Å².